The van der Waals surface area contributed by atoms with Gasteiger partial charge in [-0.15, -0.1) is 0 Å². The van der Waals surface area contributed by atoms with Crippen molar-refractivity contribution in [1.29, 1.82) is 0 Å². The van der Waals surface area contributed by atoms with Crippen LogP contribution in [-0.4, -0.2) is 24.4 Å². The molecule has 1 fully saturated rings. The molecule has 4 rings (SSSR count). The van der Waals surface area contributed by atoms with E-state index in [0.29, 0.717) is 30.9 Å². The highest BCUT2D eigenvalue weighted by Gasteiger charge is 2.15. The Hall–Kier alpha value is -2.53. The summed E-state index contributed by atoms with van der Waals surface area (Å²) in [5.41, 5.74) is 0. The van der Waals surface area contributed by atoms with Crippen molar-refractivity contribution in [1.82, 2.24) is 10.5 Å². The lowest BCUT2D eigenvalue weighted by molar-refractivity contribution is 0.230. The molecule has 1 N–H and O–H groups in total. The summed E-state index contributed by atoms with van der Waals surface area (Å²) in [7, 11) is 0. The number of hydrogen-bond acceptors (Lipinski definition) is 5. The Kier molecular flexibility index (Phi) is 4.34. The van der Waals surface area contributed by atoms with Gasteiger partial charge in [0.05, 0.1) is 0 Å². The van der Waals surface area contributed by atoms with E-state index in [1.165, 1.54) is 11.8 Å². The Morgan fingerprint density at radius 3 is 2.88 bits per heavy atom. The van der Waals surface area contributed by atoms with Crippen LogP contribution in [0.25, 0.3) is 10.8 Å². The van der Waals surface area contributed by atoms with Crippen molar-refractivity contribution in [3.8, 4) is 11.6 Å². The van der Waals surface area contributed by atoms with Crippen LogP contribution in [-0.2, 0) is 6.61 Å². The average Bonchev–Trinajstić information content (AvgIpc) is 3.29. The van der Waals surface area contributed by atoms with Gasteiger partial charge in [0.2, 0.25) is 0 Å². The van der Waals surface area contributed by atoms with Gasteiger partial charge >= 0.3 is 0 Å². The molecule has 1 aromatic heterocycles. The first-order chi connectivity index (χ1) is 11.9. The molecule has 5 nitrogen and oxygen atoms in total. The highest BCUT2D eigenvalue weighted by atomic mass is 16.5. The Morgan fingerprint density at radius 1 is 1.08 bits per heavy atom. The van der Waals surface area contributed by atoms with Crippen LogP contribution in [0.4, 0.5) is 0 Å². The van der Waals surface area contributed by atoms with Gasteiger partial charge in [0.25, 0.3) is 5.88 Å². The zero-order chi connectivity index (χ0) is 16.2. The van der Waals surface area contributed by atoms with E-state index in [1.54, 1.807) is 6.07 Å². The van der Waals surface area contributed by atoms with Gasteiger partial charge < -0.3 is 19.3 Å². The summed E-state index contributed by atoms with van der Waals surface area (Å²) in [5.74, 6) is 1.97. The monoisotopic (exact) mass is 324 g/mol. The van der Waals surface area contributed by atoms with E-state index < -0.39 is 0 Å². The highest BCUT2D eigenvalue weighted by Crippen LogP contribution is 2.22. The Bertz CT molecular complexity index is 809. The van der Waals surface area contributed by atoms with Gasteiger partial charge in [-0.3, -0.25) is 0 Å². The van der Waals surface area contributed by atoms with Gasteiger partial charge in [-0.2, -0.15) is 0 Å². The molecule has 1 saturated heterocycles. The largest absolute Gasteiger partial charge is 0.486 e. The van der Waals surface area contributed by atoms with Gasteiger partial charge in [0.1, 0.15) is 19.0 Å². The summed E-state index contributed by atoms with van der Waals surface area (Å²) in [6.07, 6.45) is 2.35. The van der Waals surface area contributed by atoms with Crippen molar-refractivity contribution in [3.63, 3.8) is 0 Å². The third kappa shape index (κ3) is 3.51. The lowest BCUT2D eigenvalue weighted by atomic mass is 10.1. The number of hydrogen-bond donors (Lipinski definition) is 1. The fourth-order valence-electron chi connectivity index (χ4n) is 2.93. The fourth-order valence-corrected chi connectivity index (χ4v) is 2.93. The van der Waals surface area contributed by atoms with Gasteiger partial charge in [0, 0.05) is 12.1 Å². The topological polar surface area (TPSA) is 56.5 Å². The van der Waals surface area contributed by atoms with Crippen molar-refractivity contribution < 1.29 is 14.0 Å². The molecule has 2 heterocycles. The molecular formula is C19H20N2O3. The molecule has 0 aliphatic carbocycles. The quantitative estimate of drug-likeness (QED) is 0.751. The van der Waals surface area contributed by atoms with E-state index in [1.807, 2.05) is 30.3 Å². The van der Waals surface area contributed by atoms with Crippen LogP contribution < -0.4 is 14.8 Å². The van der Waals surface area contributed by atoms with Crippen LogP contribution in [0, 0.1) is 0 Å². The Balaban J connectivity index is 1.33. The molecule has 1 aliphatic rings. The molecular weight excluding hydrogens is 304 g/mol. The minimum Gasteiger partial charge on any atom is -0.486 e. The summed E-state index contributed by atoms with van der Waals surface area (Å²) >= 11 is 0. The predicted molar refractivity (Wildman–Crippen MR) is 91.3 cm³/mol. The zero-order valence-electron chi connectivity index (χ0n) is 13.4. The zero-order valence-corrected chi connectivity index (χ0v) is 13.4. The van der Waals surface area contributed by atoms with Gasteiger partial charge in [-0.25, -0.2) is 0 Å². The molecule has 0 saturated carbocycles. The van der Waals surface area contributed by atoms with E-state index in [0.717, 1.165) is 24.1 Å². The van der Waals surface area contributed by atoms with Crippen molar-refractivity contribution in [2.75, 3.05) is 13.2 Å². The maximum Gasteiger partial charge on any atom is 0.254 e. The van der Waals surface area contributed by atoms with Crippen molar-refractivity contribution in [2.45, 2.75) is 25.5 Å². The second-order valence-corrected chi connectivity index (χ2v) is 6.03. The maximum absolute atomic E-state index is 5.79. The van der Waals surface area contributed by atoms with Crippen LogP contribution in [0.3, 0.4) is 0 Å². The summed E-state index contributed by atoms with van der Waals surface area (Å²) in [5, 5.41) is 9.67. The van der Waals surface area contributed by atoms with E-state index in [4.69, 9.17) is 14.0 Å². The number of nitrogens with zero attached hydrogens (tertiary/aromatic N) is 1. The molecule has 5 heteroatoms. The molecule has 124 valence electrons. The molecule has 1 atom stereocenters. The predicted octanol–water partition coefficient (Wildman–Crippen LogP) is 3.54. The minimum atomic E-state index is 0.330. The lowest BCUT2D eigenvalue weighted by Gasteiger charge is -2.08. The molecule has 0 amide bonds. The van der Waals surface area contributed by atoms with Crippen molar-refractivity contribution in [2.24, 2.45) is 0 Å². The van der Waals surface area contributed by atoms with Crippen molar-refractivity contribution >= 4 is 10.8 Å². The number of benzene rings is 2. The molecule has 1 aliphatic heterocycles. The van der Waals surface area contributed by atoms with E-state index in [2.05, 4.69) is 22.6 Å². The van der Waals surface area contributed by atoms with Crippen molar-refractivity contribution in [3.05, 3.63) is 54.3 Å². The van der Waals surface area contributed by atoms with Gasteiger partial charge in [0.15, 0.2) is 5.76 Å². The van der Waals surface area contributed by atoms with Crippen LogP contribution in [0.5, 0.6) is 11.6 Å². The molecule has 24 heavy (non-hydrogen) atoms. The van der Waals surface area contributed by atoms with Crippen LogP contribution in [0.15, 0.2) is 53.1 Å². The first-order valence-electron chi connectivity index (χ1n) is 8.30. The second-order valence-electron chi connectivity index (χ2n) is 6.03. The number of aromatic nitrogens is 1. The summed E-state index contributed by atoms with van der Waals surface area (Å²) in [6.45, 7) is 2.02. The Labute approximate surface area is 140 Å². The fraction of sp³-hybridized carbons (Fsp3) is 0.316. The van der Waals surface area contributed by atoms with Crippen LogP contribution >= 0.6 is 0 Å². The van der Waals surface area contributed by atoms with Gasteiger partial charge in [-0.1, -0.05) is 30.3 Å². The number of rotatable bonds is 6. The Morgan fingerprint density at radius 2 is 2.00 bits per heavy atom. The van der Waals surface area contributed by atoms with Gasteiger partial charge in [-0.05, 0) is 47.4 Å². The summed E-state index contributed by atoms with van der Waals surface area (Å²) in [6, 6.07) is 16.4. The summed E-state index contributed by atoms with van der Waals surface area (Å²) < 4.78 is 16.7. The molecule has 0 unspecified atom stereocenters. The first kappa shape index (κ1) is 15.0. The first-order valence-corrected chi connectivity index (χ1v) is 8.30. The second kappa shape index (κ2) is 6.93. The SMILES string of the molecule is c1ccc2cc(OCc3cc(OC[C@@H]4CCCN4)no3)ccc2c1. The molecule has 3 aromatic rings. The average molecular weight is 324 g/mol. The van der Waals surface area contributed by atoms with Crippen LogP contribution in [0.2, 0.25) is 0 Å². The normalized spacial score (nSPS) is 17.2. The van der Waals surface area contributed by atoms with E-state index in [9.17, 15) is 0 Å². The van der Waals surface area contributed by atoms with Crippen LogP contribution in [0.1, 0.15) is 18.6 Å². The highest BCUT2D eigenvalue weighted by molar-refractivity contribution is 5.83. The van der Waals surface area contributed by atoms with E-state index in [-0.39, 0.29) is 0 Å². The summed E-state index contributed by atoms with van der Waals surface area (Å²) in [4.78, 5) is 0. The maximum atomic E-state index is 5.79. The minimum absolute atomic E-state index is 0.330. The number of ether oxygens (including phenoxy) is 2. The lowest BCUT2D eigenvalue weighted by Crippen LogP contribution is -2.28. The third-order valence-electron chi connectivity index (χ3n) is 4.23. The van der Waals surface area contributed by atoms with E-state index >= 15 is 0 Å². The molecule has 0 spiro atoms. The molecule has 2 aromatic carbocycles. The third-order valence-corrected chi connectivity index (χ3v) is 4.23. The molecule has 0 bridgehead atoms. The standard InChI is InChI=1S/C19H20N2O3/c1-2-5-15-10-17(8-7-14(15)4-1)22-13-18-11-19(21-24-18)23-12-16-6-3-9-20-16/h1-2,4-5,7-8,10-11,16,20H,3,6,9,12-13H2/t16-/m0/s1. The smallest absolute Gasteiger partial charge is 0.254 e. The number of nitrogens with one attached hydrogen (secondary N) is 1. The molecule has 0 radical (unpaired) electrons. The number of fused-ring (bicyclic) bond motifs is 1.